The lowest BCUT2D eigenvalue weighted by molar-refractivity contribution is -0.115. The van der Waals surface area contributed by atoms with Gasteiger partial charge in [0.1, 0.15) is 22.9 Å². The lowest BCUT2D eigenvalue weighted by atomic mass is 10.1. The second kappa shape index (κ2) is 7.82. The number of carbonyl (C=O) groups excluding carboxylic acids is 1. The van der Waals surface area contributed by atoms with Crippen molar-refractivity contribution in [3.63, 3.8) is 0 Å². The maximum absolute atomic E-state index is 12.1. The van der Waals surface area contributed by atoms with Crippen LogP contribution < -0.4 is 15.4 Å². The summed E-state index contributed by atoms with van der Waals surface area (Å²) in [6.07, 6.45) is 3.59. The van der Waals surface area contributed by atoms with Crippen LogP contribution in [0, 0.1) is 0 Å². The number of ether oxygens (including phenoxy) is 1. The monoisotopic (exact) mass is 403 g/mol. The topological polar surface area (TPSA) is 102 Å². The van der Waals surface area contributed by atoms with Gasteiger partial charge in [-0.15, -0.1) is 0 Å². The fourth-order valence-corrected chi connectivity index (χ4v) is 3.18. The molecule has 0 aliphatic heterocycles. The number of aromatic nitrogens is 3. The molecule has 1 aromatic carbocycles. The van der Waals surface area contributed by atoms with E-state index in [0.29, 0.717) is 39.9 Å². The van der Waals surface area contributed by atoms with Crippen LogP contribution in [0.5, 0.6) is 5.75 Å². The number of fused-ring (bicyclic) bond motifs is 2. The second-order valence-corrected chi connectivity index (χ2v) is 6.92. The first-order valence-corrected chi connectivity index (χ1v) is 9.34. The number of pyridine rings is 2. The zero-order valence-electron chi connectivity index (χ0n) is 16.9. The molecule has 0 spiro atoms. The highest BCUT2D eigenvalue weighted by Crippen LogP contribution is 2.34. The Morgan fingerprint density at radius 3 is 2.77 bits per heavy atom. The first kappa shape index (κ1) is 19.4. The molecule has 0 radical (unpaired) electrons. The van der Waals surface area contributed by atoms with Gasteiger partial charge in [-0.25, -0.2) is 15.0 Å². The molecule has 4 aromatic rings. The average molecular weight is 403 g/mol. The summed E-state index contributed by atoms with van der Waals surface area (Å²) in [5.74, 6) is 2.04. The van der Waals surface area contributed by atoms with Gasteiger partial charge in [-0.1, -0.05) is 12.2 Å². The maximum Gasteiger partial charge on any atom is 0.229 e. The molecule has 8 nitrogen and oxygen atoms in total. The third-order valence-electron chi connectivity index (χ3n) is 4.56. The third-order valence-corrected chi connectivity index (χ3v) is 4.56. The van der Waals surface area contributed by atoms with E-state index in [1.807, 2.05) is 18.2 Å². The summed E-state index contributed by atoms with van der Waals surface area (Å²) < 4.78 is 11.2. The van der Waals surface area contributed by atoms with Crippen molar-refractivity contribution in [3.8, 4) is 17.2 Å². The van der Waals surface area contributed by atoms with E-state index in [4.69, 9.17) is 9.15 Å². The van der Waals surface area contributed by atoms with Gasteiger partial charge in [0, 0.05) is 42.7 Å². The minimum Gasteiger partial charge on any atom is -0.497 e. The number of hydrogen-bond acceptors (Lipinski definition) is 7. The van der Waals surface area contributed by atoms with Crippen molar-refractivity contribution < 1.29 is 13.9 Å². The molecule has 0 saturated carbocycles. The Balaban J connectivity index is 1.83. The van der Waals surface area contributed by atoms with E-state index in [1.54, 1.807) is 39.5 Å². The number of hydrogen-bond donors (Lipinski definition) is 2. The van der Waals surface area contributed by atoms with Gasteiger partial charge in [-0.05, 0) is 25.1 Å². The van der Waals surface area contributed by atoms with E-state index in [9.17, 15) is 4.79 Å². The van der Waals surface area contributed by atoms with Crippen LogP contribution in [0.3, 0.4) is 0 Å². The van der Waals surface area contributed by atoms with Gasteiger partial charge in [0.25, 0.3) is 0 Å². The molecule has 0 bridgehead atoms. The summed E-state index contributed by atoms with van der Waals surface area (Å²) in [5, 5.41) is 7.45. The van der Waals surface area contributed by atoms with Crippen molar-refractivity contribution in [2.45, 2.75) is 13.3 Å². The van der Waals surface area contributed by atoms with Crippen LogP contribution in [-0.4, -0.2) is 35.0 Å². The molecule has 4 rings (SSSR count). The molecule has 8 heteroatoms. The first-order valence-electron chi connectivity index (χ1n) is 9.34. The molecule has 3 heterocycles. The van der Waals surface area contributed by atoms with E-state index < -0.39 is 0 Å². The lowest BCUT2D eigenvalue weighted by Crippen LogP contribution is -2.12. The molecule has 0 aliphatic carbocycles. The lowest BCUT2D eigenvalue weighted by Gasteiger charge is -2.10. The zero-order chi connectivity index (χ0) is 21.3. The van der Waals surface area contributed by atoms with Gasteiger partial charge in [-0.3, -0.25) is 4.79 Å². The average Bonchev–Trinajstić information content (AvgIpc) is 3.15. The minimum absolute atomic E-state index is 0.173. The van der Waals surface area contributed by atoms with Crippen molar-refractivity contribution in [1.82, 2.24) is 15.0 Å². The molecule has 0 fully saturated rings. The molecule has 3 aromatic heterocycles. The number of carbonyl (C=O) groups is 1. The Morgan fingerprint density at radius 1 is 1.20 bits per heavy atom. The predicted octanol–water partition coefficient (Wildman–Crippen LogP) is 4.39. The molecule has 0 saturated heterocycles. The summed E-state index contributed by atoms with van der Waals surface area (Å²) in [5.41, 5.74) is 2.79. The number of benzene rings is 1. The van der Waals surface area contributed by atoms with E-state index in [-0.39, 0.29) is 12.3 Å². The molecule has 0 atom stereocenters. The Bertz CT molecular complexity index is 1280. The molecule has 30 heavy (non-hydrogen) atoms. The number of oxazole rings is 1. The first-order chi connectivity index (χ1) is 14.5. The molecular weight excluding hydrogens is 382 g/mol. The maximum atomic E-state index is 12.1. The van der Waals surface area contributed by atoms with Crippen LogP contribution in [-0.2, 0) is 4.79 Å². The number of amides is 1. The van der Waals surface area contributed by atoms with Crippen molar-refractivity contribution >= 4 is 39.4 Å². The molecule has 0 unspecified atom stereocenters. The number of anilines is 2. The fourth-order valence-electron chi connectivity index (χ4n) is 3.18. The molecular formula is C22H21N5O3. The van der Waals surface area contributed by atoms with Crippen LogP contribution >= 0.6 is 0 Å². The van der Waals surface area contributed by atoms with Crippen molar-refractivity contribution in [2.24, 2.45) is 0 Å². The van der Waals surface area contributed by atoms with Gasteiger partial charge in [0.05, 0.1) is 12.7 Å². The summed E-state index contributed by atoms with van der Waals surface area (Å²) in [7, 11) is 3.39. The summed E-state index contributed by atoms with van der Waals surface area (Å²) in [6, 6.07) is 7.23. The number of nitrogens with one attached hydrogen (secondary N) is 2. The Hall–Kier alpha value is -3.94. The third kappa shape index (κ3) is 3.67. The quantitative estimate of drug-likeness (QED) is 0.460. The molecule has 2 N–H and O–H groups in total. The highest BCUT2D eigenvalue weighted by atomic mass is 16.5. The van der Waals surface area contributed by atoms with Crippen LogP contribution in [0.4, 0.5) is 11.6 Å². The number of nitrogens with zero attached hydrogens (tertiary/aromatic N) is 3. The Morgan fingerprint density at radius 2 is 2.03 bits per heavy atom. The highest BCUT2D eigenvalue weighted by Gasteiger charge is 2.16. The van der Waals surface area contributed by atoms with Crippen molar-refractivity contribution in [3.05, 3.63) is 48.8 Å². The van der Waals surface area contributed by atoms with E-state index in [1.165, 1.54) is 0 Å². The zero-order valence-corrected chi connectivity index (χ0v) is 16.9. The summed E-state index contributed by atoms with van der Waals surface area (Å²) in [4.78, 5) is 25.6. The van der Waals surface area contributed by atoms with Crippen LogP contribution in [0.1, 0.15) is 13.3 Å². The molecule has 152 valence electrons. The normalized spacial score (nSPS) is 10.9. The van der Waals surface area contributed by atoms with Crippen molar-refractivity contribution in [1.29, 1.82) is 0 Å². The second-order valence-electron chi connectivity index (χ2n) is 6.92. The van der Waals surface area contributed by atoms with Gasteiger partial charge in [0.15, 0.2) is 5.58 Å². The van der Waals surface area contributed by atoms with Crippen LogP contribution in [0.2, 0.25) is 0 Å². The Labute approximate surface area is 173 Å². The van der Waals surface area contributed by atoms with E-state index in [2.05, 4.69) is 32.2 Å². The van der Waals surface area contributed by atoms with Crippen LogP contribution in [0.25, 0.3) is 33.3 Å². The fraction of sp³-hybridized carbons (Fsp3) is 0.182. The SMILES string of the molecule is C=C(C)CC(=O)Nc1cc2c(-c3nc4cc(OC)ccc4o3)cnc(NC)c2cn1. The standard InChI is InChI=1S/C22H21N5O3/c1-12(2)7-20(28)27-19-9-14-15(10-24-19)21(23-3)25-11-16(14)22-26-17-8-13(29-4)5-6-18(17)30-22/h5-6,8-11H,1,7H2,2-4H3,(H,23,25)(H,24,27,28). The minimum atomic E-state index is -0.173. The van der Waals surface area contributed by atoms with Gasteiger partial charge in [0.2, 0.25) is 11.8 Å². The number of methoxy groups -OCH3 is 1. The van der Waals surface area contributed by atoms with Crippen LogP contribution in [0.15, 0.2) is 53.2 Å². The van der Waals surface area contributed by atoms with Gasteiger partial charge >= 0.3 is 0 Å². The summed E-state index contributed by atoms with van der Waals surface area (Å²) >= 11 is 0. The smallest absolute Gasteiger partial charge is 0.229 e. The summed E-state index contributed by atoms with van der Waals surface area (Å²) in [6.45, 7) is 5.57. The number of rotatable bonds is 6. The van der Waals surface area contributed by atoms with Gasteiger partial charge in [-0.2, -0.15) is 0 Å². The van der Waals surface area contributed by atoms with E-state index >= 15 is 0 Å². The highest BCUT2D eigenvalue weighted by molar-refractivity contribution is 6.03. The van der Waals surface area contributed by atoms with Gasteiger partial charge < -0.3 is 19.8 Å². The van der Waals surface area contributed by atoms with Crippen molar-refractivity contribution in [2.75, 3.05) is 24.8 Å². The molecule has 0 aliphatic rings. The predicted molar refractivity (Wildman–Crippen MR) is 117 cm³/mol. The Kier molecular flexibility index (Phi) is 5.05. The van der Waals surface area contributed by atoms with E-state index in [0.717, 1.165) is 16.3 Å². The largest absolute Gasteiger partial charge is 0.497 e. The molecule has 1 amide bonds.